The minimum Gasteiger partial charge on any atom is -0.484 e. The topological polar surface area (TPSA) is 55.8 Å². The van der Waals surface area contributed by atoms with E-state index in [0.29, 0.717) is 32.5 Å². The molecule has 25 heavy (non-hydrogen) atoms. The first-order valence-corrected chi connectivity index (χ1v) is 8.05. The number of halogens is 3. The maximum atomic E-state index is 12.6. The Labute approximate surface area is 143 Å². The first kappa shape index (κ1) is 19.1. The van der Waals surface area contributed by atoms with Crippen molar-refractivity contribution in [2.75, 3.05) is 26.3 Å². The van der Waals surface area contributed by atoms with Crippen molar-refractivity contribution in [1.82, 2.24) is 4.90 Å². The molecule has 1 aliphatic rings. The number of hydrogen-bond donors (Lipinski definition) is 0. The van der Waals surface area contributed by atoms with Gasteiger partial charge in [0.2, 0.25) is 0 Å². The smallest absolute Gasteiger partial charge is 0.416 e. The molecule has 0 saturated carbocycles. The molecule has 1 aromatic carbocycles. The van der Waals surface area contributed by atoms with Gasteiger partial charge in [0.25, 0.3) is 5.91 Å². The molecular formula is C17H20F3NO4. The van der Waals surface area contributed by atoms with Gasteiger partial charge in [-0.15, -0.1) is 0 Å². The van der Waals surface area contributed by atoms with Crippen molar-refractivity contribution in [3.05, 3.63) is 29.8 Å². The SMILES string of the molecule is CCOC(=O)C1CCN(C(=O)COc2cccc(C(F)(F)F)c2)CC1. The Bertz CT molecular complexity index is 610. The molecule has 0 unspecified atom stereocenters. The first-order chi connectivity index (χ1) is 11.8. The fraction of sp³-hybridized carbons (Fsp3) is 0.529. The second-order valence-electron chi connectivity index (χ2n) is 5.72. The second kappa shape index (κ2) is 8.22. The molecule has 0 spiro atoms. The maximum absolute atomic E-state index is 12.6. The van der Waals surface area contributed by atoms with Crippen LogP contribution < -0.4 is 4.74 Å². The molecule has 1 fully saturated rings. The van der Waals surface area contributed by atoms with E-state index in [0.717, 1.165) is 12.1 Å². The van der Waals surface area contributed by atoms with E-state index in [4.69, 9.17) is 9.47 Å². The standard InChI is InChI=1S/C17H20F3NO4/c1-2-24-16(23)12-6-8-21(9-7-12)15(22)11-25-14-5-3-4-13(10-14)17(18,19)20/h3-5,10,12H,2,6-9,11H2,1H3. The number of ether oxygens (including phenoxy) is 2. The van der Waals surface area contributed by atoms with E-state index in [1.54, 1.807) is 11.8 Å². The molecular weight excluding hydrogens is 339 g/mol. The van der Waals surface area contributed by atoms with Gasteiger partial charge in [0, 0.05) is 13.1 Å². The van der Waals surface area contributed by atoms with Crippen molar-refractivity contribution in [2.45, 2.75) is 25.9 Å². The Balaban J connectivity index is 1.83. The zero-order valence-electron chi connectivity index (χ0n) is 13.8. The molecule has 0 atom stereocenters. The summed E-state index contributed by atoms with van der Waals surface area (Å²) in [6.07, 6.45) is -3.44. The molecule has 1 heterocycles. The van der Waals surface area contributed by atoms with Crippen molar-refractivity contribution in [3.8, 4) is 5.75 Å². The van der Waals surface area contributed by atoms with E-state index in [2.05, 4.69) is 0 Å². The van der Waals surface area contributed by atoms with Crippen LogP contribution in [0.2, 0.25) is 0 Å². The number of rotatable bonds is 5. The number of likely N-dealkylation sites (tertiary alicyclic amines) is 1. The summed E-state index contributed by atoms with van der Waals surface area (Å²) in [5.41, 5.74) is -0.826. The van der Waals surface area contributed by atoms with Crippen LogP contribution in [0.15, 0.2) is 24.3 Å². The Kier molecular flexibility index (Phi) is 6.27. The largest absolute Gasteiger partial charge is 0.484 e. The summed E-state index contributed by atoms with van der Waals surface area (Å²) in [6.45, 7) is 2.51. The molecule has 1 aliphatic heterocycles. The predicted octanol–water partition coefficient (Wildman–Crippen LogP) is 2.89. The van der Waals surface area contributed by atoms with Gasteiger partial charge in [0.05, 0.1) is 18.1 Å². The van der Waals surface area contributed by atoms with Gasteiger partial charge in [-0.3, -0.25) is 9.59 Å². The van der Waals surface area contributed by atoms with Crippen molar-refractivity contribution < 1.29 is 32.2 Å². The second-order valence-corrected chi connectivity index (χ2v) is 5.72. The van der Waals surface area contributed by atoms with E-state index >= 15 is 0 Å². The number of piperidine rings is 1. The van der Waals surface area contributed by atoms with Gasteiger partial charge in [-0.25, -0.2) is 0 Å². The molecule has 0 aliphatic carbocycles. The highest BCUT2D eigenvalue weighted by Gasteiger charge is 2.31. The molecule has 0 N–H and O–H groups in total. The highest BCUT2D eigenvalue weighted by Crippen LogP contribution is 2.31. The average Bonchev–Trinajstić information content (AvgIpc) is 2.59. The highest BCUT2D eigenvalue weighted by molar-refractivity contribution is 5.78. The average molecular weight is 359 g/mol. The van der Waals surface area contributed by atoms with Crippen molar-refractivity contribution >= 4 is 11.9 Å². The van der Waals surface area contributed by atoms with Crippen LogP contribution in [0, 0.1) is 5.92 Å². The zero-order chi connectivity index (χ0) is 18.4. The number of carbonyl (C=O) groups excluding carboxylic acids is 2. The van der Waals surface area contributed by atoms with E-state index in [-0.39, 0.29) is 30.2 Å². The number of carbonyl (C=O) groups is 2. The number of amides is 1. The number of nitrogens with zero attached hydrogens (tertiary/aromatic N) is 1. The molecule has 5 nitrogen and oxygen atoms in total. The third-order valence-corrected chi connectivity index (χ3v) is 3.99. The minimum atomic E-state index is -4.46. The fourth-order valence-corrected chi connectivity index (χ4v) is 2.62. The summed E-state index contributed by atoms with van der Waals surface area (Å²) >= 11 is 0. The van der Waals surface area contributed by atoms with Crippen LogP contribution >= 0.6 is 0 Å². The quantitative estimate of drug-likeness (QED) is 0.759. The minimum absolute atomic E-state index is 0.00964. The molecule has 0 radical (unpaired) electrons. The Hall–Kier alpha value is -2.25. The summed E-state index contributed by atoms with van der Waals surface area (Å²) in [6, 6.07) is 4.40. The maximum Gasteiger partial charge on any atom is 0.416 e. The molecule has 1 saturated heterocycles. The van der Waals surface area contributed by atoms with Crippen LogP contribution in [0.25, 0.3) is 0 Å². The number of esters is 1. The fourth-order valence-electron chi connectivity index (χ4n) is 2.62. The molecule has 1 amide bonds. The molecule has 0 aromatic heterocycles. The summed E-state index contributed by atoms with van der Waals surface area (Å²) in [5, 5.41) is 0. The van der Waals surface area contributed by atoms with Crippen molar-refractivity contribution in [1.29, 1.82) is 0 Å². The zero-order valence-corrected chi connectivity index (χ0v) is 13.8. The van der Waals surface area contributed by atoms with Crippen LogP contribution in [0.5, 0.6) is 5.75 Å². The molecule has 2 rings (SSSR count). The monoisotopic (exact) mass is 359 g/mol. The lowest BCUT2D eigenvalue weighted by atomic mass is 9.97. The van der Waals surface area contributed by atoms with Crippen LogP contribution in [0.1, 0.15) is 25.3 Å². The summed E-state index contributed by atoms with van der Waals surface area (Å²) in [7, 11) is 0. The summed E-state index contributed by atoms with van der Waals surface area (Å²) in [5.74, 6) is -0.799. The lowest BCUT2D eigenvalue weighted by Crippen LogP contribution is -2.42. The van der Waals surface area contributed by atoms with Gasteiger partial charge in [-0.2, -0.15) is 13.2 Å². The van der Waals surface area contributed by atoms with Gasteiger partial charge in [-0.05, 0) is 38.0 Å². The van der Waals surface area contributed by atoms with Crippen molar-refractivity contribution in [2.24, 2.45) is 5.92 Å². The highest BCUT2D eigenvalue weighted by atomic mass is 19.4. The molecule has 8 heteroatoms. The van der Waals surface area contributed by atoms with Crippen LogP contribution in [-0.2, 0) is 20.5 Å². The molecule has 138 valence electrons. The van der Waals surface area contributed by atoms with Gasteiger partial charge >= 0.3 is 12.1 Å². The van der Waals surface area contributed by atoms with E-state index in [9.17, 15) is 22.8 Å². The molecule has 1 aromatic rings. The van der Waals surface area contributed by atoms with E-state index < -0.39 is 11.7 Å². The Morgan fingerprint density at radius 1 is 1.24 bits per heavy atom. The number of alkyl halides is 3. The van der Waals surface area contributed by atoms with E-state index in [1.165, 1.54) is 12.1 Å². The normalized spacial score (nSPS) is 15.8. The van der Waals surface area contributed by atoms with Gasteiger partial charge in [-0.1, -0.05) is 6.07 Å². The van der Waals surface area contributed by atoms with Crippen molar-refractivity contribution in [3.63, 3.8) is 0 Å². The van der Waals surface area contributed by atoms with Crippen LogP contribution in [-0.4, -0.2) is 43.1 Å². The van der Waals surface area contributed by atoms with E-state index in [1.807, 2.05) is 0 Å². The lowest BCUT2D eigenvalue weighted by molar-refractivity contribution is -0.151. The Morgan fingerprint density at radius 3 is 2.52 bits per heavy atom. The van der Waals surface area contributed by atoms with Crippen LogP contribution in [0.3, 0.4) is 0 Å². The van der Waals surface area contributed by atoms with Gasteiger partial charge in [0.1, 0.15) is 5.75 Å². The van der Waals surface area contributed by atoms with Gasteiger partial charge < -0.3 is 14.4 Å². The summed E-state index contributed by atoms with van der Waals surface area (Å²) < 4.78 is 48.1. The third kappa shape index (κ3) is 5.37. The first-order valence-electron chi connectivity index (χ1n) is 8.05. The Morgan fingerprint density at radius 2 is 1.92 bits per heavy atom. The third-order valence-electron chi connectivity index (χ3n) is 3.99. The summed E-state index contributed by atoms with van der Waals surface area (Å²) in [4.78, 5) is 25.3. The lowest BCUT2D eigenvalue weighted by Gasteiger charge is -2.30. The number of hydrogen-bond acceptors (Lipinski definition) is 4. The predicted molar refractivity (Wildman–Crippen MR) is 82.9 cm³/mol. The van der Waals surface area contributed by atoms with Crippen LogP contribution in [0.4, 0.5) is 13.2 Å². The molecule has 0 bridgehead atoms. The van der Waals surface area contributed by atoms with Gasteiger partial charge in [0.15, 0.2) is 6.61 Å². The number of benzene rings is 1.